The van der Waals surface area contributed by atoms with E-state index in [1.54, 1.807) is 0 Å². The van der Waals surface area contributed by atoms with Crippen LogP contribution >= 0.6 is 0 Å². The van der Waals surface area contributed by atoms with Crippen LogP contribution in [0.2, 0.25) is 0 Å². The molecule has 0 saturated heterocycles. The van der Waals surface area contributed by atoms with Crippen LogP contribution in [0.5, 0.6) is 11.5 Å². The first-order valence-electron chi connectivity index (χ1n) is 9.34. The zero-order chi connectivity index (χ0) is 18.7. The number of phenolic OH excluding ortho intramolecular Hbond substituents is 1. The van der Waals surface area contributed by atoms with Gasteiger partial charge in [0.25, 0.3) is 0 Å². The molecule has 0 aliphatic carbocycles. The molecule has 0 radical (unpaired) electrons. The highest BCUT2D eigenvalue weighted by atomic mass is 16.6. The molecular formula is C22H32O3. The maximum atomic E-state index is 10.8. The SMILES string of the molecule is C/C=C(\C)C(CC)c1cc(O)c2c(c1)OC(O)CC2C(CC)=C(C)C. The van der Waals surface area contributed by atoms with Gasteiger partial charge in [0.1, 0.15) is 11.5 Å². The molecule has 3 nitrogen and oxygen atoms in total. The Bertz CT molecular complexity index is 681. The van der Waals surface area contributed by atoms with E-state index < -0.39 is 6.29 Å². The van der Waals surface area contributed by atoms with Crippen molar-refractivity contribution >= 4 is 0 Å². The molecule has 1 aromatic rings. The number of aromatic hydroxyl groups is 1. The lowest BCUT2D eigenvalue weighted by Crippen LogP contribution is -2.26. The van der Waals surface area contributed by atoms with Gasteiger partial charge < -0.3 is 14.9 Å². The van der Waals surface area contributed by atoms with Crippen molar-refractivity contribution in [2.24, 2.45) is 0 Å². The van der Waals surface area contributed by atoms with Crippen molar-refractivity contribution in [1.82, 2.24) is 0 Å². The first-order chi connectivity index (χ1) is 11.8. The predicted molar refractivity (Wildman–Crippen MR) is 103 cm³/mol. The van der Waals surface area contributed by atoms with E-state index in [1.807, 2.05) is 19.1 Å². The van der Waals surface area contributed by atoms with Crippen molar-refractivity contribution in [3.8, 4) is 11.5 Å². The van der Waals surface area contributed by atoms with Gasteiger partial charge in [0.15, 0.2) is 6.29 Å². The van der Waals surface area contributed by atoms with Crippen molar-refractivity contribution in [3.05, 3.63) is 46.1 Å². The number of hydrogen-bond acceptors (Lipinski definition) is 3. The lowest BCUT2D eigenvalue weighted by atomic mass is 9.80. The average molecular weight is 344 g/mol. The fraction of sp³-hybridized carbons (Fsp3) is 0.545. The van der Waals surface area contributed by atoms with Gasteiger partial charge in [-0.05, 0) is 58.2 Å². The van der Waals surface area contributed by atoms with Gasteiger partial charge in [0, 0.05) is 23.8 Å². The fourth-order valence-corrected chi connectivity index (χ4v) is 4.08. The third kappa shape index (κ3) is 3.92. The number of aliphatic hydroxyl groups excluding tert-OH is 1. The number of benzene rings is 1. The van der Waals surface area contributed by atoms with E-state index in [9.17, 15) is 10.2 Å². The third-order valence-electron chi connectivity index (χ3n) is 5.45. The quantitative estimate of drug-likeness (QED) is 0.665. The minimum Gasteiger partial charge on any atom is -0.507 e. The zero-order valence-electron chi connectivity index (χ0n) is 16.4. The maximum absolute atomic E-state index is 10.8. The standard InChI is InChI=1S/C22H32O3/c1-7-14(6)17(9-3)15-10-19(23)22-18(16(8-2)13(4)5)12-21(24)25-20(22)11-15/h7,10-11,17-18,21,23-24H,8-9,12H2,1-6H3/b14-7+. The molecule has 1 aliphatic rings. The highest BCUT2D eigenvalue weighted by Crippen LogP contribution is 2.48. The maximum Gasteiger partial charge on any atom is 0.198 e. The summed E-state index contributed by atoms with van der Waals surface area (Å²) in [5, 5.41) is 21.1. The lowest BCUT2D eigenvalue weighted by Gasteiger charge is -2.33. The predicted octanol–water partition coefficient (Wildman–Crippen LogP) is 5.78. The minimum absolute atomic E-state index is 0.00527. The summed E-state index contributed by atoms with van der Waals surface area (Å²) in [4.78, 5) is 0. The number of ether oxygens (including phenoxy) is 1. The Morgan fingerprint density at radius 2 is 1.96 bits per heavy atom. The molecule has 0 amide bonds. The van der Waals surface area contributed by atoms with E-state index in [1.165, 1.54) is 16.7 Å². The zero-order valence-corrected chi connectivity index (χ0v) is 16.4. The van der Waals surface area contributed by atoms with Crippen LogP contribution in [0.3, 0.4) is 0 Å². The fourth-order valence-electron chi connectivity index (χ4n) is 4.08. The highest BCUT2D eigenvalue weighted by Gasteiger charge is 2.33. The second kappa shape index (κ2) is 8.09. The van der Waals surface area contributed by atoms with Crippen LogP contribution in [0.25, 0.3) is 0 Å². The molecule has 3 atom stereocenters. The molecule has 1 aromatic carbocycles. The molecule has 0 spiro atoms. The van der Waals surface area contributed by atoms with Crippen LogP contribution in [-0.4, -0.2) is 16.5 Å². The number of rotatable bonds is 5. The molecule has 3 unspecified atom stereocenters. The summed E-state index contributed by atoms with van der Waals surface area (Å²) in [6, 6.07) is 3.89. The minimum atomic E-state index is -0.837. The van der Waals surface area contributed by atoms with Crippen LogP contribution in [0.1, 0.15) is 83.8 Å². The first-order valence-corrected chi connectivity index (χ1v) is 9.34. The molecule has 138 valence electrons. The van der Waals surface area contributed by atoms with Gasteiger partial charge in [-0.2, -0.15) is 0 Å². The van der Waals surface area contributed by atoms with Crippen molar-refractivity contribution in [1.29, 1.82) is 0 Å². The van der Waals surface area contributed by atoms with E-state index in [0.29, 0.717) is 12.2 Å². The van der Waals surface area contributed by atoms with Gasteiger partial charge in [0.2, 0.25) is 0 Å². The molecule has 0 saturated carbocycles. The van der Waals surface area contributed by atoms with Crippen molar-refractivity contribution in [3.63, 3.8) is 0 Å². The number of fused-ring (bicyclic) bond motifs is 1. The molecule has 2 N–H and O–H groups in total. The van der Waals surface area contributed by atoms with Crippen LogP contribution in [0.4, 0.5) is 0 Å². The number of aliphatic hydroxyl groups is 1. The Balaban J connectivity index is 2.59. The molecule has 2 rings (SSSR count). The highest BCUT2D eigenvalue weighted by molar-refractivity contribution is 5.55. The molecule has 1 aliphatic heterocycles. The van der Waals surface area contributed by atoms with Gasteiger partial charge in [-0.1, -0.05) is 36.6 Å². The Kier molecular flexibility index (Phi) is 6.34. The van der Waals surface area contributed by atoms with Crippen molar-refractivity contribution in [2.45, 2.75) is 78.9 Å². The molecule has 25 heavy (non-hydrogen) atoms. The summed E-state index contributed by atoms with van der Waals surface area (Å²) in [6.07, 6.45) is 3.61. The Morgan fingerprint density at radius 1 is 1.28 bits per heavy atom. The summed E-state index contributed by atoms with van der Waals surface area (Å²) in [5.74, 6) is 1.15. The summed E-state index contributed by atoms with van der Waals surface area (Å²) in [6.45, 7) is 12.6. The van der Waals surface area contributed by atoms with E-state index in [0.717, 1.165) is 24.0 Å². The van der Waals surface area contributed by atoms with Gasteiger partial charge >= 0.3 is 0 Å². The Morgan fingerprint density at radius 3 is 2.48 bits per heavy atom. The second-order valence-electron chi connectivity index (χ2n) is 7.18. The average Bonchev–Trinajstić information content (AvgIpc) is 2.54. The van der Waals surface area contributed by atoms with Crippen molar-refractivity contribution in [2.75, 3.05) is 0 Å². The van der Waals surface area contributed by atoms with Crippen LogP contribution in [-0.2, 0) is 0 Å². The molecule has 0 aromatic heterocycles. The normalized spacial score (nSPS) is 21.3. The smallest absolute Gasteiger partial charge is 0.198 e. The number of hydrogen-bond donors (Lipinski definition) is 2. The molecule has 0 fully saturated rings. The summed E-state index contributed by atoms with van der Waals surface area (Å²) < 4.78 is 5.72. The number of allylic oxidation sites excluding steroid dienone is 4. The summed E-state index contributed by atoms with van der Waals surface area (Å²) >= 11 is 0. The van der Waals surface area contributed by atoms with Crippen molar-refractivity contribution < 1.29 is 14.9 Å². The van der Waals surface area contributed by atoms with E-state index in [2.05, 4.69) is 40.7 Å². The van der Waals surface area contributed by atoms with Crippen LogP contribution in [0.15, 0.2) is 34.9 Å². The van der Waals surface area contributed by atoms with Gasteiger partial charge in [-0.15, -0.1) is 0 Å². The Hall–Kier alpha value is -1.74. The number of phenols is 1. The molecule has 0 bridgehead atoms. The lowest BCUT2D eigenvalue weighted by molar-refractivity contribution is -0.0368. The van der Waals surface area contributed by atoms with Crippen LogP contribution in [0, 0.1) is 0 Å². The van der Waals surface area contributed by atoms with Gasteiger partial charge in [0.05, 0.1) is 0 Å². The molecule has 3 heteroatoms. The summed E-state index contributed by atoms with van der Waals surface area (Å²) in [5.41, 5.74) is 5.64. The van der Waals surface area contributed by atoms with E-state index in [-0.39, 0.29) is 17.6 Å². The second-order valence-corrected chi connectivity index (χ2v) is 7.18. The topological polar surface area (TPSA) is 49.7 Å². The van der Waals surface area contributed by atoms with Crippen LogP contribution < -0.4 is 4.74 Å². The largest absolute Gasteiger partial charge is 0.507 e. The van der Waals surface area contributed by atoms with E-state index >= 15 is 0 Å². The Labute approximate surface area is 152 Å². The third-order valence-corrected chi connectivity index (χ3v) is 5.45. The van der Waals surface area contributed by atoms with Gasteiger partial charge in [-0.3, -0.25) is 0 Å². The van der Waals surface area contributed by atoms with E-state index in [4.69, 9.17) is 4.74 Å². The van der Waals surface area contributed by atoms with Gasteiger partial charge in [-0.25, -0.2) is 0 Å². The molecular weight excluding hydrogens is 312 g/mol. The first kappa shape index (κ1) is 19.6. The summed E-state index contributed by atoms with van der Waals surface area (Å²) in [7, 11) is 0. The molecule has 1 heterocycles. The monoisotopic (exact) mass is 344 g/mol.